The highest BCUT2D eigenvalue weighted by Gasteiger charge is 2.11. The molecule has 0 aliphatic carbocycles. The molecule has 0 spiro atoms. The Bertz CT molecular complexity index is 542. The van der Waals surface area contributed by atoms with Gasteiger partial charge in [0.05, 0.1) is 19.9 Å². The maximum absolute atomic E-state index is 5.61. The van der Waals surface area contributed by atoms with Crippen molar-refractivity contribution in [1.82, 2.24) is 4.98 Å². The lowest BCUT2D eigenvalue weighted by Gasteiger charge is -2.07. The van der Waals surface area contributed by atoms with Crippen LogP contribution < -0.4 is 14.8 Å². The Hall–Kier alpha value is -2.17. The number of methoxy groups -OCH3 is 2. The molecule has 0 bridgehead atoms. The molecule has 1 aromatic carbocycles. The van der Waals surface area contributed by atoms with Gasteiger partial charge in [0.1, 0.15) is 17.3 Å². The van der Waals surface area contributed by atoms with Crippen LogP contribution in [0.1, 0.15) is 17.0 Å². The molecular weight excluding hydrogens is 244 g/mol. The molecule has 2 aromatic rings. The van der Waals surface area contributed by atoms with Crippen LogP contribution in [0.15, 0.2) is 22.6 Å². The van der Waals surface area contributed by atoms with E-state index in [4.69, 9.17) is 13.9 Å². The van der Waals surface area contributed by atoms with Crippen molar-refractivity contribution in [3.63, 3.8) is 0 Å². The number of hydrogen-bond donors (Lipinski definition) is 1. The minimum atomic E-state index is 0.530. The van der Waals surface area contributed by atoms with Gasteiger partial charge in [-0.05, 0) is 24.6 Å². The average molecular weight is 262 g/mol. The summed E-state index contributed by atoms with van der Waals surface area (Å²) in [5.74, 6) is 2.36. The third-order valence-corrected chi connectivity index (χ3v) is 2.88. The molecule has 0 aliphatic heterocycles. The maximum atomic E-state index is 5.61. The van der Waals surface area contributed by atoms with E-state index < -0.39 is 0 Å². The summed E-state index contributed by atoms with van der Waals surface area (Å²) in [6.07, 6.45) is 0.647. The fourth-order valence-corrected chi connectivity index (χ4v) is 1.85. The third kappa shape index (κ3) is 2.99. The Morgan fingerprint density at radius 2 is 1.79 bits per heavy atom. The molecule has 0 saturated heterocycles. The van der Waals surface area contributed by atoms with Crippen LogP contribution in [0, 0.1) is 6.92 Å². The summed E-state index contributed by atoms with van der Waals surface area (Å²) in [5, 5.41) is 2.89. The Balaban J connectivity index is 2.28. The summed E-state index contributed by atoms with van der Waals surface area (Å²) < 4.78 is 16.1. The lowest BCUT2D eigenvalue weighted by Crippen LogP contribution is -1.93. The van der Waals surface area contributed by atoms with E-state index >= 15 is 0 Å². The van der Waals surface area contributed by atoms with Crippen LogP contribution in [-0.2, 0) is 6.42 Å². The van der Waals surface area contributed by atoms with E-state index in [1.165, 1.54) is 0 Å². The third-order valence-electron chi connectivity index (χ3n) is 2.88. The van der Waals surface area contributed by atoms with Crippen LogP contribution >= 0.6 is 0 Å². The molecule has 5 nitrogen and oxygen atoms in total. The molecule has 0 aliphatic rings. The predicted molar refractivity (Wildman–Crippen MR) is 73.1 cm³/mol. The number of aryl methyl sites for hydroxylation is 1. The number of anilines is 1. The Kier molecular flexibility index (Phi) is 3.94. The fraction of sp³-hybridized carbons (Fsp3) is 0.357. The van der Waals surface area contributed by atoms with Crippen molar-refractivity contribution in [1.29, 1.82) is 0 Å². The van der Waals surface area contributed by atoms with Gasteiger partial charge < -0.3 is 19.2 Å². The van der Waals surface area contributed by atoms with Crippen molar-refractivity contribution < 1.29 is 13.9 Å². The number of oxazole rings is 1. The van der Waals surface area contributed by atoms with Gasteiger partial charge in [-0.15, -0.1) is 0 Å². The van der Waals surface area contributed by atoms with Crippen molar-refractivity contribution in [3.05, 3.63) is 35.2 Å². The van der Waals surface area contributed by atoms with Crippen LogP contribution in [0.3, 0.4) is 0 Å². The van der Waals surface area contributed by atoms with E-state index in [1.54, 1.807) is 21.3 Å². The topological polar surface area (TPSA) is 56.5 Å². The number of aromatic nitrogens is 1. The molecule has 1 aromatic heterocycles. The summed E-state index contributed by atoms with van der Waals surface area (Å²) in [6.45, 7) is 1.93. The van der Waals surface area contributed by atoms with E-state index in [-0.39, 0.29) is 0 Å². The quantitative estimate of drug-likeness (QED) is 0.897. The van der Waals surface area contributed by atoms with Crippen molar-refractivity contribution in [2.75, 3.05) is 26.6 Å². The summed E-state index contributed by atoms with van der Waals surface area (Å²) in [7, 11) is 5.05. The average Bonchev–Trinajstić information content (AvgIpc) is 2.79. The molecule has 2 rings (SSSR count). The molecular formula is C14H18N2O3. The summed E-state index contributed by atoms with van der Waals surface area (Å²) >= 11 is 0. The lowest BCUT2D eigenvalue weighted by molar-refractivity contribution is 0.393. The molecule has 5 heteroatoms. The number of rotatable bonds is 5. The Labute approximate surface area is 112 Å². The summed E-state index contributed by atoms with van der Waals surface area (Å²) in [4.78, 5) is 4.27. The molecule has 0 unspecified atom stereocenters. The number of hydrogen-bond acceptors (Lipinski definition) is 5. The van der Waals surface area contributed by atoms with Gasteiger partial charge in [0.2, 0.25) is 0 Å². The molecule has 1 N–H and O–H groups in total. The van der Waals surface area contributed by atoms with Crippen LogP contribution in [-0.4, -0.2) is 26.3 Å². The molecule has 102 valence electrons. The van der Waals surface area contributed by atoms with E-state index in [1.807, 2.05) is 25.1 Å². The first-order valence-corrected chi connectivity index (χ1v) is 6.02. The zero-order valence-corrected chi connectivity index (χ0v) is 11.6. The zero-order valence-electron chi connectivity index (χ0n) is 11.6. The van der Waals surface area contributed by atoms with E-state index in [9.17, 15) is 0 Å². The minimum absolute atomic E-state index is 0.530. The Morgan fingerprint density at radius 1 is 1.16 bits per heavy atom. The lowest BCUT2D eigenvalue weighted by atomic mass is 10.1. The van der Waals surface area contributed by atoms with Gasteiger partial charge in [-0.25, -0.2) is 0 Å². The second kappa shape index (κ2) is 5.65. The SMILES string of the molecule is CNc1nc(C)c(Cc2cc(OC)cc(OC)c2)o1. The minimum Gasteiger partial charge on any atom is -0.497 e. The van der Waals surface area contributed by atoms with Gasteiger partial charge in [0, 0.05) is 19.5 Å². The van der Waals surface area contributed by atoms with E-state index in [2.05, 4.69) is 10.3 Å². The first-order valence-electron chi connectivity index (χ1n) is 6.02. The van der Waals surface area contributed by atoms with Crippen LogP contribution in [0.2, 0.25) is 0 Å². The molecule has 1 heterocycles. The Morgan fingerprint density at radius 3 is 2.26 bits per heavy atom. The maximum Gasteiger partial charge on any atom is 0.294 e. The predicted octanol–water partition coefficient (Wildman–Crippen LogP) is 2.63. The molecule has 0 radical (unpaired) electrons. The van der Waals surface area contributed by atoms with Crippen molar-refractivity contribution in [3.8, 4) is 11.5 Å². The molecule has 0 saturated carbocycles. The smallest absolute Gasteiger partial charge is 0.294 e. The standard InChI is InChI=1S/C14H18N2O3/c1-9-13(19-14(15-2)16-9)7-10-5-11(17-3)8-12(6-10)18-4/h5-6,8H,7H2,1-4H3,(H,15,16). The van der Waals surface area contributed by atoms with Gasteiger partial charge in [-0.3, -0.25) is 0 Å². The highest BCUT2D eigenvalue weighted by atomic mass is 16.5. The monoisotopic (exact) mass is 262 g/mol. The van der Waals surface area contributed by atoms with Crippen LogP contribution in [0.25, 0.3) is 0 Å². The molecule has 0 atom stereocenters. The highest BCUT2D eigenvalue weighted by Crippen LogP contribution is 2.25. The van der Waals surface area contributed by atoms with Gasteiger partial charge in [0.25, 0.3) is 6.01 Å². The van der Waals surface area contributed by atoms with Crippen LogP contribution in [0.5, 0.6) is 11.5 Å². The number of benzene rings is 1. The molecule has 0 fully saturated rings. The number of nitrogens with zero attached hydrogens (tertiary/aromatic N) is 1. The van der Waals surface area contributed by atoms with Crippen LogP contribution in [0.4, 0.5) is 6.01 Å². The van der Waals surface area contributed by atoms with Gasteiger partial charge >= 0.3 is 0 Å². The second-order valence-corrected chi connectivity index (χ2v) is 4.18. The van der Waals surface area contributed by atoms with Gasteiger partial charge in [-0.2, -0.15) is 4.98 Å². The second-order valence-electron chi connectivity index (χ2n) is 4.18. The fourth-order valence-electron chi connectivity index (χ4n) is 1.85. The van der Waals surface area contributed by atoms with Crippen molar-refractivity contribution in [2.45, 2.75) is 13.3 Å². The first-order chi connectivity index (χ1) is 9.16. The van der Waals surface area contributed by atoms with E-state index in [0.29, 0.717) is 12.4 Å². The normalized spacial score (nSPS) is 10.3. The van der Waals surface area contributed by atoms with Crippen molar-refractivity contribution >= 4 is 6.01 Å². The van der Waals surface area contributed by atoms with Gasteiger partial charge in [-0.1, -0.05) is 0 Å². The van der Waals surface area contributed by atoms with Crippen molar-refractivity contribution in [2.24, 2.45) is 0 Å². The van der Waals surface area contributed by atoms with Gasteiger partial charge in [0.15, 0.2) is 0 Å². The molecule has 19 heavy (non-hydrogen) atoms. The summed E-state index contributed by atoms with van der Waals surface area (Å²) in [5.41, 5.74) is 1.93. The molecule has 0 amide bonds. The zero-order chi connectivity index (χ0) is 13.8. The number of nitrogens with one attached hydrogen (secondary N) is 1. The summed E-state index contributed by atoms with van der Waals surface area (Å²) in [6, 6.07) is 6.30. The first kappa shape index (κ1) is 13.3. The highest BCUT2D eigenvalue weighted by molar-refractivity contribution is 5.40. The largest absolute Gasteiger partial charge is 0.497 e. The number of ether oxygens (including phenoxy) is 2. The van der Waals surface area contributed by atoms with E-state index in [0.717, 1.165) is 28.5 Å².